The number of aromatic nitrogens is 1. The third-order valence-corrected chi connectivity index (χ3v) is 0.496. The summed E-state index contributed by atoms with van der Waals surface area (Å²) in [6, 6.07) is 3.89. The van der Waals surface area contributed by atoms with Gasteiger partial charge in [0, 0.05) is 12.4 Å². The molecule has 0 fully saturated rings. The Morgan fingerprint density at radius 2 is 1.57 bits per heavy atom. The van der Waals surface area contributed by atoms with Crippen molar-refractivity contribution in [3.8, 4) is 0 Å². The average molecular weight is 100 g/mol. The molecule has 0 saturated carbocycles. The number of H-pyrrole nitrogens is 1. The zero-order valence-corrected chi connectivity index (χ0v) is 3.83. The van der Waals surface area contributed by atoms with Gasteiger partial charge in [0.2, 0.25) is 0 Å². The second kappa shape index (κ2) is 5.20. The Kier molecular flexibility index (Phi) is 4.61. The molecule has 0 atom stereocenters. The van der Waals surface area contributed by atoms with E-state index in [2.05, 4.69) is 10.9 Å². The number of nitrogens with one attached hydrogen (secondary N) is 1. The summed E-state index contributed by atoms with van der Waals surface area (Å²) in [5.74, 6) is 3.50. The third kappa shape index (κ3) is 3.02. The Bertz CT molecular complexity index is 66.2. The number of nitrogens with two attached hydrogens (primary N) is 1. The van der Waals surface area contributed by atoms with Gasteiger partial charge in [-0.15, -0.1) is 0 Å². The maximum absolute atomic E-state index is 6.50. The van der Waals surface area contributed by atoms with E-state index in [9.17, 15) is 0 Å². The van der Waals surface area contributed by atoms with Crippen LogP contribution in [-0.2, 0) is 0 Å². The summed E-state index contributed by atoms with van der Waals surface area (Å²) in [7, 11) is 0. The van der Waals surface area contributed by atoms with Gasteiger partial charge in [0.1, 0.15) is 0 Å². The Labute approximate surface area is 41.7 Å². The highest BCUT2D eigenvalue weighted by Crippen LogP contribution is 1.72. The van der Waals surface area contributed by atoms with Crippen molar-refractivity contribution in [3.05, 3.63) is 24.5 Å². The lowest BCUT2D eigenvalue weighted by Gasteiger charge is -1.49. The van der Waals surface area contributed by atoms with E-state index in [0.717, 1.165) is 0 Å². The van der Waals surface area contributed by atoms with Gasteiger partial charge in [0.15, 0.2) is 0 Å². The van der Waals surface area contributed by atoms with Crippen molar-refractivity contribution in [1.82, 2.24) is 4.98 Å². The first-order chi connectivity index (χ1) is 3.50. The largest absolute Gasteiger partial charge is 0.368 e. The molecule has 0 spiro atoms. The van der Waals surface area contributed by atoms with Crippen LogP contribution in [0.25, 0.3) is 0 Å². The molecule has 1 rings (SSSR count). The van der Waals surface area contributed by atoms with Crippen LogP contribution in [0, 0.1) is 0 Å². The fourth-order valence-corrected chi connectivity index (χ4v) is 0.278. The van der Waals surface area contributed by atoms with Crippen molar-refractivity contribution in [2.45, 2.75) is 0 Å². The molecule has 0 amide bonds. The van der Waals surface area contributed by atoms with Crippen molar-refractivity contribution < 1.29 is 5.21 Å². The van der Waals surface area contributed by atoms with Gasteiger partial charge in [-0.1, -0.05) is 0 Å². The quantitative estimate of drug-likeness (QED) is 0.412. The zero-order chi connectivity index (χ0) is 5.54. The van der Waals surface area contributed by atoms with Crippen LogP contribution in [0.3, 0.4) is 0 Å². The second-order valence-corrected chi connectivity index (χ2v) is 0.885. The van der Waals surface area contributed by atoms with Crippen LogP contribution in [0.4, 0.5) is 0 Å². The number of aromatic amines is 1. The van der Waals surface area contributed by atoms with Crippen molar-refractivity contribution >= 4 is 0 Å². The molecule has 1 heterocycles. The molecule has 1 aromatic rings. The van der Waals surface area contributed by atoms with E-state index in [1.54, 1.807) is 0 Å². The Morgan fingerprint density at radius 3 is 1.71 bits per heavy atom. The SMILES string of the molecule is NO.c1cc[nH]c1. The van der Waals surface area contributed by atoms with Gasteiger partial charge < -0.3 is 10.2 Å². The van der Waals surface area contributed by atoms with Crippen LogP contribution in [0.15, 0.2) is 24.5 Å². The minimum atomic E-state index is 1.88. The maximum Gasteiger partial charge on any atom is 0.000496 e. The fourth-order valence-electron chi connectivity index (χ4n) is 0.278. The normalized spacial score (nSPS) is 6.57. The molecule has 40 valence electrons. The Morgan fingerprint density at radius 1 is 1.14 bits per heavy atom. The summed E-state index contributed by atoms with van der Waals surface area (Å²) >= 11 is 0. The van der Waals surface area contributed by atoms with Gasteiger partial charge in [0.05, 0.1) is 0 Å². The Balaban J connectivity index is 0.000000162. The highest BCUT2D eigenvalue weighted by atomic mass is 16.4. The average Bonchev–Trinajstić information content (AvgIpc) is 2.23. The van der Waals surface area contributed by atoms with Crippen LogP contribution in [0.1, 0.15) is 0 Å². The molecule has 0 unspecified atom stereocenters. The third-order valence-electron chi connectivity index (χ3n) is 0.496. The van der Waals surface area contributed by atoms with Gasteiger partial charge in [-0.25, -0.2) is 5.90 Å². The maximum atomic E-state index is 6.50. The van der Waals surface area contributed by atoms with E-state index in [0.29, 0.717) is 0 Å². The first kappa shape index (κ1) is 6.20. The van der Waals surface area contributed by atoms with Gasteiger partial charge in [-0.2, -0.15) is 0 Å². The van der Waals surface area contributed by atoms with E-state index >= 15 is 0 Å². The summed E-state index contributed by atoms with van der Waals surface area (Å²) in [5.41, 5.74) is 0. The van der Waals surface area contributed by atoms with E-state index < -0.39 is 0 Å². The minimum absolute atomic E-state index is 1.88. The van der Waals surface area contributed by atoms with Gasteiger partial charge >= 0.3 is 0 Å². The molecule has 0 saturated heterocycles. The monoisotopic (exact) mass is 100 g/mol. The molecular weight excluding hydrogens is 92.1 g/mol. The summed E-state index contributed by atoms with van der Waals surface area (Å²) in [6.07, 6.45) is 3.75. The predicted molar refractivity (Wildman–Crippen MR) is 26.8 cm³/mol. The highest BCUT2D eigenvalue weighted by Gasteiger charge is 1.55. The van der Waals surface area contributed by atoms with Gasteiger partial charge in [-0.3, -0.25) is 0 Å². The van der Waals surface area contributed by atoms with E-state index in [1.165, 1.54) is 0 Å². The predicted octanol–water partition coefficient (Wildman–Crippen LogP) is 0.349. The van der Waals surface area contributed by atoms with Gasteiger partial charge in [0.25, 0.3) is 0 Å². The van der Waals surface area contributed by atoms with Crippen LogP contribution in [0.5, 0.6) is 0 Å². The van der Waals surface area contributed by atoms with E-state index in [4.69, 9.17) is 5.21 Å². The summed E-state index contributed by atoms with van der Waals surface area (Å²) in [6.45, 7) is 0. The lowest BCUT2D eigenvalue weighted by Crippen LogP contribution is -1.72. The fraction of sp³-hybridized carbons (Fsp3) is 0. The minimum Gasteiger partial charge on any atom is -0.368 e. The van der Waals surface area contributed by atoms with Gasteiger partial charge in [-0.05, 0) is 12.1 Å². The molecule has 0 aliphatic rings. The lowest BCUT2D eigenvalue weighted by molar-refractivity contribution is 0.311. The molecule has 3 heteroatoms. The van der Waals surface area contributed by atoms with E-state index in [1.807, 2.05) is 24.5 Å². The van der Waals surface area contributed by atoms with Crippen LogP contribution in [-0.4, -0.2) is 10.2 Å². The molecule has 1 aromatic heterocycles. The molecule has 7 heavy (non-hydrogen) atoms. The van der Waals surface area contributed by atoms with Crippen LogP contribution < -0.4 is 5.90 Å². The highest BCUT2D eigenvalue weighted by molar-refractivity contribution is 4.84. The molecule has 0 aliphatic carbocycles. The lowest BCUT2D eigenvalue weighted by atomic mass is 10.7. The summed E-state index contributed by atoms with van der Waals surface area (Å²) in [5, 5.41) is 6.50. The summed E-state index contributed by atoms with van der Waals surface area (Å²) in [4.78, 5) is 2.86. The van der Waals surface area contributed by atoms with Crippen molar-refractivity contribution in [3.63, 3.8) is 0 Å². The number of rotatable bonds is 0. The topological polar surface area (TPSA) is 62.0 Å². The Hall–Kier alpha value is -0.800. The van der Waals surface area contributed by atoms with Crippen molar-refractivity contribution in [2.24, 2.45) is 5.90 Å². The smallest absolute Gasteiger partial charge is 0.000496 e. The number of hydrogen-bond donors (Lipinski definition) is 3. The van der Waals surface area contributed by atoms with Crippen molar-refractivity contribution in [1.29, 1.82) is 0 Å². The molecule has 0 aliphatic heterocycles. The summed E-state index contributed by atoms with van der Waals surface area (Å²) < 4.78 is 0. The van der Waals surface area contributed by atoms with Crippen molar-refractivity contribution in [2.75, 3.05) is 0 Å². The van der Waals surface area contributed by atoms with Crippen LogP contribution in [0.2, 0.25) is 0 Å². The number of hydrogen-bond acceptors (Lipinski definition) is 2. The molecule has 3 nitrogen and oxygen atoms in total. The first-order valence-electron chi connectivity index (χ1n) is 1.84. The second-order valence-electron chi connectivity index (χ2n) is 0.885. The molecule has 0 radical (unpaired) electrons. The molecule has 0 aromatic carbocycles. The first-order valence-corrected chi connectivity index (χ1v) is 1.84. The standard InChI is InChI=1S/C4H5N.H3NO/c1-2-4-5-3-1;1-2/h1-5H;2H,1H2. The molecule has 4 N–H and O–H groups in total. The molecular formula is C4H8N2O. The zero-order valence-electron chi connectivity index (χ0n) is 3.83. The molecule has 0 bridgehead atoms. The van der Waals surface area contributed by atoms with E-state index in [-0.39, 0.29) is 0 Å². The van der Waals surface area contributed by atoms with Crippen LogP contribution >= 0.6 is 0 Å².